The maximum absolute atomic E-state index is 6.71. The van der Waals surface area contributed by atoms with Gasteiger partial charge in [-0.2, -0.15) is 0 Å². The van der Waals surface area contributed by atoms with Gasteiger partial charge in [0.05, 0.1) is 13.2 Å². The Kier molecular flexibility index (Phi) is 7.18. The Labute approximate surface area is 170 Å². The van der Waals surface area contributed by atoms with E-state index in [1.54, 1.807) is 7.11 Å². The van der Waals surface area contributed by atoms with Gasteiger partial charge < -0.3 is 9.47 Å². The Balaban J connectivity index is 1.90. The largest absolute Gasteiger partial charge is 0.497 e. The second-order valence-electron chi connectivity index (χ2n) is 8.29. The predicted octanol–water partition coefficient (Wildman–Crippen LogP) is 6.27. The number of ether oxygens (including phenoxy) is 2. The Morgan fingerprint density at radius 1 is 1.00 bits per heavy atom. The first-order valence-electron chi connectivity index (χ1n) is 10.4. The van der Waals surface area contributed by atoms with Gasteiger partial charge in [-0.15, -0.1) is 0 Å². The zero-order valence-electron chi connectivity index (χ0n) is 17.5. The van der Waals surface area contributed by atoms with Crippen molar-refractivity contribution in [1.82, 2.24) is 0 Å². The van der Waals surface area contributed by atoms with Crippen LogP contribution in [0.4, 0.5) is 0 Å². The van der Waals surface area contributed by atoms with Crippen LogP contribution in [-0.4, -0.2) is 13.2 Å². The molecule has 148 valence electrons. The molecule has 1 fully saturated rings. The molecule has 0 N–H and O–H groups in total. The fourth-order valence-corrected chi connectivity index (χ4v) is 4.12. The lowest BCUT2D eigenvalue weighted by Crippen LogP contribution is -2.35. The monoisotopic (exact) mass is 376 g/mol. The van der Waals surface area contributed by atoms with Crippen LogP contribution in [0.25, 0.3) is 0 Å². The number of rotatable bonds is 5. The average molecular weight is 377 g/mol. The van der Waals surface area contributed by atoms with Crippen molar-refractivity contribution in [2.24, 2.45) is 17.8 Å². The minimum absolute atomic E-state index is 0.241. The van der Waals surface area contributed by atoms with Gasteiger partial charge in [0.2, 0.25) is 0 Å². The maximum Gasteiger partial charge on any atom is 0.144 e. The van der Waals surface area contributed by atoms with Gasteiger partial charge in [-0.1, -0.05) is 69.4 Å². The number of hydrogen-bond donors (Lipinski definition) is 0. The first-order valence-corrected chi connectivity index (χ1v) is 10.4. The van der Waals surface area contributed by atoms with Crippen molar-refractivity contribution < 1.29 is 9.47 Å². The molecule has 0 aliphatic heterocycles. The van der Waals surface area contributed by atoms with Crippen LogP contribution in [0.1, 0.15) is 57.3 Å². The highest BCUT2D eigenvalue weighted by Crippen LogP contribution is 2.38. The smallest absolute Gasteiger partial charge is 0.144 e. The lowest BCUT2D eigenvalue weighted by molar-refractivity contribution is -0.0620. The SMILES string of the molecule is COc1cccc(C(C#Cc2ccccc2)O[C@@H]2C[C@H](C)CC[C@H]2C(C)C)c1. The third-order valence-corrected chi connectivity index (χ3v) is 5.79. The zero-order chi connectivity index (χ0) is 19.9. The molecule has 0 bridgehead atoms. The molecule has 2 aromatic rings. The summed E-state index contributed by atoms with van der Waals surface area (Å²) >= 11 is 0. The van der Waals surface area contributed by atoms with E-state index in [0.29, 0.717) is 17.8 Å². The van der Waals surface area contributed by atoms with Gasteiger partial charge in [0.1, 0.15) is 11.9 Å². The molecular weight excluding hydrogens is 344 g/mol. The summed E-state index contributed by atoms with van der Waals surface area (Å²) in [6, 6.07) is 18.2. The highest BCUT2D eigenvalue weighted by atomic mass is 16.5. The van der Waals surface area contributed by atoms with Gasteiger partial charge in [-0.3, -0.25) is 0 Å². The van der Waals surface area contributed by atoms with Crippen LogP contribution in [0.3, 0.4) is 0 Å². The molecule has 0 saturated heterocycles. The van der Waals surface area contributed by atoms with Crippen molar-refractivity contribution in [1.29, 1.82) is 0 Å². The molecule has 2 nitrogen and oxygen atoms in total. The van der Waals surface area contributed by atoms with Crippen molar-refractivity contribution in [2.45, 2.75) is 52.2 Å². The fraction of sp³-hybridized carbons (Fsp3) is 0.462. The van der Waals surface area contributed by atoms with E-state index in [-0.39, 0.29) is 12.2 Å². The van der Waals surface area contributed by atoms with Gasteiger partial charge >= 0.3 is 0 Å². The molecule has 0 aromatic heterocycles. The number of methoxy groups -OCH3 is 1. The minimum atomic E-state index is -0.258. The van der Waals surface area contributed by atoms with Gasteiger partial charge in [0.25, 0.3) is 0 Å². The standard InChI is InChI=1S/C26H32O2/c1-19(2)24-15-13-20(3)17-26(24)28-25(16-14-21-9-6-5-7-10-21)22-11-8-12-23(18-22)27-4/h5-12,18-20,24-26H,13,15,17H2,1-4H3/t20-,24+,25?,26-/m1/s1. The van der Waals surface area contributed by atoms with E-state index in [1.165, 1.54) is 12.8 Å². The molecule has 4 atom stereocenters. The first-order chi connectivity index (χ1) is 13.6. The quantitative estimate of drug-likeness (QED) is 0.573. The van der Waals surface area contributed by atoms with Crippen molar-refractivity contribution in [3.63, 3.8) is 0 Å². The van der Waals surface area contributed by atoms with Gasteiger partial charge in [-0.05, 0) is 60.4 Å². The van der Waals surface area contributed by atoms with E-state index in [1.807, 2.05) is 48.5 Å². The summed E-state index contributed by atoms with van der Waals surface area (Å²) in [5.74, 6) is 9.45. The van der Waals surface area contributed by atoms with Crippen LogP contribution >= 0.6 is 0 Å². The van der Waals surface area contributed by atoms with E-state index < -0.39 is 0 Å². The molecule has 3 rings (SSSR count). The Bertz CT molecular complexity index is 800. The summed E-state index contributed by atoms with van der Waals surface area (Å²) in [6.45, 7) is 6.96. The van der Waals surface area contributed by atoms with Crippen molar-refractivity contribution in [2.75, 3.05) is 7.11 Å². The molecule has 1 aliphatic carbocycles. The van der Waals surface area contributed by atoms with E-state index >= 15 is 0 Å². The lowest BCUT2D eigenvalue weighted by Gasteiger charge is -2.38. The molecule has 2 aromatic carbocycles. The molecule has 0 spiro atoms. The summed E-state index contributed by atoms with van der Waals surface area (Å²) in [4.78, 5) is 0. The lowest BCUT2D eigenvalue weighted by atomic mass is 9.75. The molecule has 1 unspecified atom stereocenters. The zero-order valence-corrected chi connectivity index (χ0v) is 17.5. The molecule has 1 aliphatic rings. The summed E-state index contributed by atoms with van der Waals surface area (Å²) in [5.41, 5.74) is 2.07. The molecule has 0 amide bonds. The molecule has 28 heavy (non-hydrogen) atoms. The number of benzene rings is 2. The summed E-state index contributed by atoms with van der Waals surface area (Å²) in [5, 5.41) is 0. The van der Waals surface area contributed by atoms with Gasteiger partial charge in [-0.25, -0.2) is 0 Å². The normalized spacial score (nSPS) is 23.0. The van der Waals surface area contributed by atoms with Crippen LogP contribution in [-0.2, 0) is 4.74 Å². The molecule has 2 heteroatoms. The van der Waals surface area contributed by atoms with E-state index in [0.717, 1.165) is 23.3 Å². The second-order valence-corrected chi connectivity index (χ2v) is 8.29. The first kappa shape index (κ1) is 20.5. The summed E-state index contributed by atoms with van der Waals surface area (Å²) < 4.78 is 12.1. The van der Waals surface area contributed by atoms with Crippen LogP contribution in [0, 0.1) is 29.6 Å². The highest BCUT2D eigenvalue weighted by molar-refractivity contribution is 5.38. The second kappa shape index (κ2) is 9.80. The predicted molar refractivity (Wildman–Crippen MR) is 115 cm³/mol. The molecule has 0 heterocycles. The van der Waals surface area contributed by atoms with Gasteiger partial charge in [0.15, 0.2) is 0 Å². The highest BCUT2D eigenvalue weighted by Gasteiger charge is 2.33. The minimum Gasteiger partial charge on any atom is -0.497 e. The van der Waals surface area contributed by atoms with Gasteiger partial charge in [0, 0.05) is 5.56 Å². The fourth-order valence-electron chi connectivity index (χ4n) is 4.12. The van der Waals surface area contributed by atoms with Crippen LogP contribution < -0.4 is 4.74 Å². The third kappa shape index (κ3) is 5.40. The topological polar surface area (TPSA) is 18.5 Å². The molecule has 1 saturated carbocycles. The molecular formula is C26H32O2. The summed E-state index contributed by atoms with van der Waals surface area (Å²) in [7, 11) is 1.70. The third-order valence-electron chi connectivity index (χ3n) is 5.79. The number of hydrogen-bond acceptors (Lipinski definition) is 2. The molecule has 0 radical (unpaired) electrons. The average Bonchev–Trinajstić information content (AvgIpc) is 2.71. The van der Waals surface area contributed by atoms with Crippen LogP contribution in [0.15, 0.2) is 54.6 Å². The summed E-state index contributed by atoms with van der Waals surface area (Å²) in [6.07, 6.45) is 3.62. The Hall–Kier alpha value is -2.24. The Morgan fingerprint density at radius 3 is 2.50 bits per heavy atom. The van der Waals surface area contributed by atoms with E-state index in [9.17, 15) is 0 Å². The van der Waals surface area contributed by atoms with E-state index in [2.05, 4.69) is 38.7 Å². The Morgan fingerprint density at radius 2 is 1.79 bits per heavy atom. The van der Waals surface area contributed by atoms with Crippen LogP contribution in [0.5, 0.6) is 5.75 Å². The van der Waals surface area contributed by atoms with Crippen molar-refractivity contribution in [3.05, 3.63) is 65.7 Å². The maximum atomic E-state index is 6.71. The van der Waals surface area contributed by atoms with E-state index in [4.69, 9.17) is 9.47 Å². The van der Waals surface area contributed by atoms with Crippen molar-refractivity contribution in [3.8, 4) is 17.6 Å². The van der Waals surface area contributed by atoms with Crippen LogP contribution in [0.2, 0.25) is 0 Å². The van der Waals surface area contributed by atoms with Crippen molar-refractivity contribution >= 4 is 0 Å².